The smallest absolute Gasteiger partial charge is 0.264 e. The molecule has 7 nitrogen and oxygen atoms in total. The Labute approximate surface area is 240 Å². The number of carbonyl (C=O) groups excluding carboxylic acids is 2. The normalized spacial score (nSPS) is 12.0. The number of amides is 2. The topological polar surface area (TPSA) is 86.8 Å². The van der Waals surface area contributed by atoms with Crippen LogP contribution in [0.1, 0.15) is 37.8 Å². The van der Waals surface area contributed by atoms with Gasteiger partial charge in [0.2, 0.25) is 11.8 Å². The van der Waals surface area contributed by atoms with Crippen molar-refractivity contribution in [1.29, 1.82) is 0 Å². The molecule has 0 saturated carbocycles. The van der Waals surface area contributed by atoms with Crippen LogP contribution in [0.25, 0.3) is 0 Å². The Balaban J connectivity index is 2.04. The van der Waals surface area contributed by atoms with Gasteiger partial charge in [-0.05, 0) is 67.8 Å². The Morgan fingerprint density at radius 3 is 2.18 bits per heavy atom. The second-order valence-corrected chi connectivity index (χ2v) is 11.9. The van der Waals surface area contributed by atoms with Crippen LogP contribution in [0.2, 0.25) is 10.0 Å². The number of aryl methyl sites for hydroxylation is 1. The molecular formula is C29H33Cl2N3O4S. The van der Waals surface area contributed by atoms with Gasteiger partial charge in [-0.3, -0.25) is 13.9 Å². The summed E-state index contributed by atoms with van der Waals surface area (Å²) in [6.45, 7) is 5.66. The largest absolute Gasteiger partial charge is 0.354 e. The molecule has 0 radical (unpaired) electrons. The molecule has 3 aromatic rings. The van der Waals surface area contributed by atoms with Gasteiger partial charge in [0.05, 0.1) is 10.6 Å². The molecule has 0 fully saturated rings. The minimum atomic E-state index is -4.15. The monoisotopic (exact) mass is 589 g/mol. The SMILES string of the molecule is CCCNC(=O)[C@H](CC)N(Cc1ccc(Cl)cc1)C(=O)CN(c1cccc(Cl)c1)S(=O)(=O)c1ccc(C)cc1. The summed E-state index contributed by atoms with van der Waals surface area (Å²) in [6, 6.07) is 18.9. The van der Waals surface area contributed by atoms with Crippen LogP contribution in [0.3, 0.4) is 0 Å². The molecular weight excluding hydrogens is 557 g/mol. The zero-order valence-electron chi connectivity index (χ0n) is 22.2. The van der Waals surface area contributed by atoms with Gasteiger partial charge in [-0.1, -0.05) is 72.9 Å². The average molecular weight is 591 g/mol. The Morgan fingerprint density at radius 1 is 0.923 bits per heavy atom. The second-order valence-electron chi connectivity index (χ2n) is 9.17. The lowest BCUT2D eigenvalue weighted by Crippen LogP contribution is -2.52. The van der Waals surface area contributed by atoms with Crippen LogP contribution < -0.4 is 9.62 Å². The first-order chi connectivity index (χ1) is 18.6. The molecule has 0 heterocycles. The highest BCUT2D eigenvalue weighted by Crippen LogP contribution is 2.27. The van der Waals surface area contributed by atoms with E-state index in [0.29, 0.717) is 23.0 Å². The van der Waals surface area contributed by atoms with Gasteiger partial charge >= 0.3 is 0 Å². The molecule has 39 heavy (non-hydrogen) atoms. The highest BCUT2D eigenvalue weighted by molar-refractivity contribution is 7.92. The fraction of sp³-hybridized carbons (Fsp3) is 0.310. The summed E-state index contributed by atoms with van der Waals surface area (Å²) in [5.41, 5.74) is 1.90. The van der Waals surface area contributed by atoms with Crippen LogP contribution >= 0.6 is 23.2 Å². The molecule has 3 aromatic carbocycles. The number of sulfonamides is 1. The predicted molar refractivity (Wildman–Crippen MR) is 157 cm³/mol. The van der Waals surface area contributed by atoms with Gasteiger partial charge in [-0.15, -0.1) is 0 Å². The molecule has 0 aliphatic heterocycles. The molecule has 0 aliphatic rings. The molecule has 0 bridgehead atoms. The minimum Gasteiger partial charge on any atom is -0.354 e. The van der Waals surface area contributed by atoms with Crippen molar-refractivity contribution in [2.24, 2.45) is 0 Å². The van der Waals surface area contributed by atoms with Gasteiger partial charge < -0.3 is 10.2 Å². The van der Waals surface area contributed by atoms with Gasteiger partial charge in [-0.25, -0.2) is 8.42 Å². The number of halogens is 2. The number of benzene rings is 3. The van der Waals surface area contributed by atoms with E-state index in [2.05, 4.69) is 5.32 Å². The summed E-state index contributed by atoms with van der Waals surface area (Å²) in [6.07, 6.45) is 1.08. The molecule has 1 atom stereocenters. The summed E-state index contributed by atoms with van der Waals surface area (Å²) in [5, 5.41) is 3.73. The number of hydrogen-bond donors (Lipinski definition) is 1. The third-order valence-corrected chi connectivity index (χ3v) is 8.46. The van der Waals surface area contributed by atoms with Crippen molar-refractivity contribution in [3.05, 3.63) is 94.0 Å². The van der Waals surface area contributed by atoms with Crippen LogP contribution in [0.5, 0.6) is 0 Å². The van der Waals surface area contributed by atoms with Crippen LogP contribution in [-0.4, -0.2) is 44.3 Å². The molecule has 2 amide bonds. The zero-order chi connectivity index (χ0) is 28.6. The molecule has 1 N–H and O–H groups in total. The van der Waals surface area contributed by atoms with E-state index in [1.165, 1.54) is 23.1 Å². The number of anilines is 1. The van der Waals surface area contributed by atoms with Gasteiger partial charge in [0, 0.05) is 23.1 Å². The van der Waals surface area contributed by atoms with Crippen molar-refractivity contribution < 1.29 is 18.0 Å². The minimum absolute atomic E-state index is 0.0397. The first-order valence-corrected chi connectivity index (χ1v) is 14.9. The number of nitrogens with zero attached hydrogens (tertiary/aromatic N) is 2. The van der Waals surface area contributed by atoms with Crippen LogP contribution in [0.15, 0.2) is 77.7 Å². The second kappa shape index (κ2) is 13.8. The fourth-order valence-electron chi connectivity index (χ4n) is 4.07. The Morgan fingerprint density at radius 2 is 1.59 bits per heavy atom. The van der Waals surface area contributed by atoms with Gasteiger partial charge in [0.15, 0.2) is 0 Å². The first-order valence-electron chi connectivity index (χ1n) is 12.7. The summed E-state index contributed by atoms with van der Waals surface area (Å²) in [4.78, 5) is 28.5. The van der Waals surface area contributed by atoms with E-state index in [9.17, 15) is 18.0 Å². The lowest BCUT2D eigenvalue weighted by molar-refractivity contribution is -0.140. The molecule has 10 heteroatoms. The number of nitrogens with one attached hydrogen (secondary N) is 1. The standard InChI is InChI=1S/C29H33Cl2N3O4S/c1-4-17-32-29(36)27(5-2)33(19-22-11-13-23(30)14-12-22)28(35)20-34(25-8-6-7-24(31)18-25)39(37,38)26-15-9-21(3)10-16-26/h6-16,18,27H,4-5,17,19-20H2,1-3H3,(H,32,36)/t27-/m0/s1. The van der Waals surface area contributed by atoms with E-state index in [1.807, 2.05) is 20.8 Å². The van der Waals surface area contributed by atoms with E-state index in [0.717, 1.165) is 21.9 Å². The highest BCUT2D eigenvalue weighted by Gasteiger charge is 2.33. The molecule has 0 spiro atoms. The van der Waals surface area contributed by atoms with Crippen molar-refractivity contribution >= 4 is 50.7 Å². The Kier molecular flexibility index (Phi) is 10.8. The van der Waals surface area contributed by atoms with Crippen LogP contribution in [-0.2, 0) is 26.2 Å². The Bertz CT molecular complexity index is 1380. The van der Waals surface area contributed by atoms with Crippen LogP contribution in [0.4, 0.5) is 5.69 Å². The van der Waals surface area contributed by atoms with Gasteiger partial charge in [0.25, 0.3) is 10.0 Å². The quantitative estimate of drug-likeness (QED) is 0.288. The maximum atomic E-state index is 14.0. The molecule has 3 rings (SSSR count). The fourth-order valence-corrected chi connectivity index (χ4v) is 5.79. The van der Waals surface area contributed by atoms with E-state index in [1.54, 1.807) is 54.6 Å². The summed E-state index contributed by atoms with van der Waals surface area (Å²) in [7, 11) is -4.15. The number of carbonyl (C=O) groups is 2. The zero-order valence-corrected chi connectivity index (χ0v) is 24.6. The van der Waals surface area contributed by atoms with E-state index < -0.39 is 28.5 Å². The summed E-state index contributed by atoms with van der Waals surface area (Å²) in [5.74, 6) is -0.823. The van der Waals surface area contributed by atoms with Crippen molar-refractivity contribution in [1.82, 2.24) is 10.2 Å². The third-order valence-electron chi connectivity index (χ3n) is 6.19. The number of rotatable bonds is 12. The lowest BCUT2D eigenvalue weighted by atomic mass is 10.1. The number of hydrogen-bond acceptors (Lipinski definition) is 4. The van der Waals surface area contributed by atoms with E-state index >= 15 is 0 Å². The maximum Gasteiger partial charge on any atom is 0.264 e. The molecule has 0 saturated heterocycles. The van der Waals surface area contributed by atoms with Crippen molar-refractivity contribution in [2.75, 3.05) is 17.4 Å². The molecule has 0 aliphatic carbocycles. The van der Waals surface area contributed by atoms with Crippen molar-refractivity contribution in [3.8, 4) is 0 Å². The Hall–Kier alpha value is -3.07. The molecule has 208 valence electrons. The third kappa shape index (κ3) is 7.97. The van der Waals surface area contributed by atoms with Crippen molar-refractivity contribution in [3.63, 3.8) is 0 Å². The van der Waals surface area contributed by atoms with E-state index in [-0.39, 0.29) is 23.0 Å². The molecule has 0 aromatic heterocycles. The van der Waals surface area contributed by atoms with Crippen molar-refractivity contribution in [2.45, 2.75) is 51.1 Å². The lowest BCUT2D eigenvalue weighted by Gasteiger charge is -2.33. The summed E-state index contributed by atoms with van der Waals surface area (Å²) >= 11 is 12.3. The van der Waals surface area contributed by atoms with E-state index in [4.69, 9.17) is 23.2 Å². The van der Waals surface area contributed by atoms with Gasteiger partial charge in [-0.2, -0.15) is 0 Å². The van der Waals surface area contributed by atoms with Gasteiger partial charge in [0.1, 0.15) is 12.6 Å². The van der Waals surface area contributed by atoms with Crippen LogP contribution in [0, 0.1) is 6.92 Å². The predicted octanol–water partition coefficient (Wildman–Crippen LogP) is 5.83. The highest BCUT2D eigenvalue weighted by atomic mass is 35.5. The maximum absolute atomic E-state index is 14.0. The molecule has 0 unspecified atom stereocenters. The average Bonchev–Trinajstić information content (AvgIpc) is 2.91. The summed E-state index contributed by atoms with van der Waals surface area (Å²) < 4.78 is 28.7. The first kappa shape index (κ1) is 30.5.